The number of nitrogens with zero attached hydrogens (tertiary/aromatic N) is 1. The molecule has 0 fully saturated rings. The predicted molar refractivity (Wildman–Crippen MR) is 165 cm³/mol. The Bertz CT molecular complexity index is 1610. The van der Waals surface area contributed by atoms with Crippen molar-refractivity contribution in [3.63, 3.8) is 0 Å². The van der Waals surface area contributed by atoms with E-state index < -0.39 is 5.97 Å². The van der Waals surface area contributed by atoms with Gasteiger partial charge >= 0.3 is 5.97 Å². The molecule has 4 aromatic carbocycles. The van der Waals surface area contributed by atoms with Crippen molar-refractivity contribution in [1.82, 2.24) is 9.88 Å². The van der Waals surface area contributed by atoms with E-state index in [2.05, 4.69) is 70.5 Å². The molecule has 0 aliphatic heterocycles. The molecule has 0 bridgehead atoms. The van der Waals surface area contributed by atoms with Gasteiger partial charge in [-0.3, -0.25) is 4.79 Å². The molecule has 0 aliphatic rings. The molecule has 42 heavy (non-hydrogen) atoms. The van der Waals surface area contributed by atoms with Gasteiger partial charge in [0.15, 0.2) is 0 Å². The molecule has 0 saturated carbocycles. The molecule has 0 atom stereocenters. The number of aryl methyl sites for hydroxylation is 2. The van der Waals surface area contributed by atoms with Gasteiger partial charge in [0.1, 0.15) is 0 Å². The number of carboxylic acid groups (broad SMARTS) is 1. The fraction of sp³-hybridized carbons (Fsp3) is 0.200. The third-order valence-corrected chi connectivity index (χ3v) is 7.74. The number of carbonyl (C=O) groups is 2. The van der Waals surface area contributed by atoms with Gasteiger partial charge in [0, 0.05) is 74.2 Å². The minimum atomic E-state index is -0.920. The van der Waals surface area contributed by atoms with Gasteiger partial charge in [-0.2, -0.15) is 0 Å². The molecule has 7 heteroatoms. The topological polar surface area (TPSA) is 71.3 Å². The SMILES string of the molecule is CC(=O)NCCc1c(CCCc2ccc(C(=O)O)cc2)c2cc(Cl)ccc2n1C(c1ccccc1)c1ccccc1.[Y]. The Morgan fingerprint density at radius 1 is 0.833 bits per heavy atom. The van der Waals surface area contributed by atoms with E-state index in [1.165, 1.54) is 22.4 Å². The van der Waals surface area contributed by atoms with Gasteiger partial charge in [-0.15, -0.1) is 0 Å². The van der Waals surface area contributed by atoms with Gasteiger partial charge < -0.3 is 15.0 Å². The Labute approximate surface area is 276 Å². The number of carboxylic acids is 1. The van der Waals surface area contributed by atoms with E-state index in [9.17, 15) is 14.7 Å². The van der Waals surface area contributed by atoms with Crippen LogP contribution in [-0.4, -0.2) is 28.1 Å². The molecule has 0 aliphatic carbocycles. The van der Waals surface area contributed by atoms with Crippen LogP contribution in [0, 0.1) is 0 Å². The van der Waals surface area contributed by atoms with Crippen LogP contribution < -0.4 is 5.32 Å². The Balaban J connectivity index is 0.00000405. The van der Waals surface area contributed by atoms with Gasteiger partial charge in [-0.25, -0.2) is 4.79 Å². The van der Waals surface area contributed by atoms with Crippen LogP contribution in [0.15, 0.2) is 103 Å². The standard InChI is InChI=1S/C35H33ClN2O3.Y/c1-24(39)37-22-21-33-30(14-8-9-25-15-17-28(18-16-25)35(40)41)31-23-29(36)19-20-32(31)38(33)34(26-10-4-2-5-11-26)27-12-6-3-7-13-27;/h2-7,10-13,15-20,23,34H,8-9,14,21-22H2,1H3,(H,37,39)(H,40,41);. The molecule has 0 saturated heterocycles. The van der Waals surface area contributed by atoms with Gasteiger partial charge in [-0.1, -0.05) is 84.4 Å². The van der Waals surface area contributed by atoms with E-state index in [4.69, 9.17) is 11.6 Å². The van der Waals surface area contributed by atoms with E-state index >= 15 is 0 Å². The summed E-state index contributed by atoms with van der Waals surface area (Å²) >= 11 is 6.57. The van der Waals surface area contributed by atoms with Crippen molar-refractivity contribution in [3.05, 3.63) is 142 Å². The van der Waals surface area contributed by atoms with Crippen LogP contribution in [0.4, 0.5) is 0 Å². The molecule has 1 radical (unpaired) electrons. The number of nitrogens with one attached hydrogen (secondary N) is 1. The van der Waals surface area contributed by atoms with Crippen molar-refractivity contribution in [1.29, 1.82) is 0 Å². The minimum absolute atomic E-state index is 0. The van der Waals surface area contributed by atoms with Crippen LogP contribution in [-0.2, 0) is 56.8 Å². The summed E-state index contributed by atoms with van der Waals surface area (Å²) in [5.41, 5.74) is 7.25. The zero-order valence-electron chi connectivity index (χ0n) is 23.6. The van der Waals surface area contributed by atoms with Gasteiger partial charge in [0.25, 0.3) is 0 Å². The average Bonchev–Trinajstić information content (AvgIpc) is 3.26. The van der Waals surface area contributed by atoms with Gasteiger partial charge in [0.2, 0.25) is 5.91 Å². The van der Waals surface area contributed by atoms with E-state index in [1.807, 2.05) is 30.3 Å². The molecular weight excluding hydrogens is 621 g/mol. The summed E-state index contributed by atoms with van der Waals surface area (Å²) in [5, 5.41) is 14.0. The molecule has 1 amide bonds. The quantitative estimate of drug-likeness (QED) is 0.155. The minimum Gasteiger partial charge on any atom is -0.478 e. The summed E-state index contributed by atoms with van der Waals surface area (Å²) in [7, 11) is 0. The molecule has 5 nitrogen and oxygen atoms in total. The number of aromatic carboxylic acids is 1. The maximum atomic E-state index is 11.8. The number of benzene rings is 4. The molecule has 0 unspecified atom stereocenters. The van der Waals surface area contributed by atoms with Crippen molar-refractivity contribution in [2.45, 2.75) is 38.6 Å². The second kappa shape index (κ2) is 14.8. The third kappa shape index (κ3) is 7.39. The molecule has 1 heterocycles. The van der Waals surface area contributed by atoms with Crippen molar-refractivity contribution >= 4 is 34.4 Å². The summed E-state index contributed by atoms with van der Waals surface area (Å²) < 4.78 is 2.43. The summed E-state index contributed by atoms with van der Waals surface area (Å²) in [6.45, 7) is 2.07. The number of halogens is 1. The smallest absolute Gasteiger partial charge is 0.335 e. The van der Waals surface area contributed by atoms with Crippen molar-refractivity contribution in [3.8, 4) is 0 Å². The van der Waals surface area contributed by atoms with E-state index in [-0.39, 0.29) is 44.7 Å². The first-order valence-corrected chi connectivity index (χ1v) is 14.3. The predicted octanol–water partition coefficient (Wildman–Crippen LogP) is 7.48. The fourth-order valence-corrected chi connectivity index (χ4v) is 5.83. The van der Waals surface area contributed by atoms with Gasteiger partial charge in [0.05, 0.1) is 11.6 Å². The van der Waals surface area contributed by atoms with E-state index in [0.717, 1.165) is 35.7 Å². The van der Waals surface area contributed by atoms with Crippen LogP contribution >= 0.6 is 11.6 Å². The van der Waals surface area contributed by atoms with E-state index in [0.29, 0.717) is 23.6 Å². The Morgan fingerprint density at radius 2 is 1.45 bits per heavy atom. The van der Waals surface area contributed by atoms with Crippen LogP contribution in [0.2, 0.25) is 5.02 Å². The summed E-state index contributed by atoms with van der Waals surface area (Å²) in [6.07, 6.45) is 3.19. The summed E-state index contributed by atoms with van der Waals surface area (Å²) in [5.74, 6) is -0.971. The van der Waals surface area contributed by atoms with Crippen LogP contribution in [0.3, 0.4) is 0 Å². The first-order valence-electron chi connectivity index (χ1n) is 13.9. The second-order valence-electron chi connectivity index (χ2n) is 10.3. The number of aromatic nitrogens is 1. The van der Waals surface area contributed by atoms with Crippen LogP contribution in [0.25, 0.3) is 10.9 Å². The monoisotopic (exact) mass is 653 g/mol. The van der Waals surface area contributed by atoms with E-state index in [1.54, 1.807) is 19.1 Å². The molecule has 5 rings (SSSR count). The Morgan fingerprint density at radius 3 is 2.02 bits per heavy atom. The van der Waals surface area contributed by atoms with Crippen LogP contribution in [0.1, 0.15) is 57.7 Å². The molecule has 2 N–H and O–H groups in total. The third-order valence-electron chi connectivity index (χ3n) is 7.50. The average molecular weight is 654 g/mol. The summed E-state index contributed by atoms with van der Waals surface area (Å²) in [6, 6.07) is 34.1. The number of carbonyl (C=O) groups excluding carboxylic acids is 1. The Hall–Kier alpha value is -3.25. The number of fused-ring (bicyclic) bond motifs is 1. The molecule has 211 valence electrons. The normalized spacial score (nSPS) is 10.9. The summed E-state index contributed by atoms with van der Waals surface area (Å²) in [4.78, 5) is 23.1. The molecule has 5 aromatic rings. The first-order chi connectivity index (χ1) is 19.9. The van der Waals surface area contributed by atoms with Crippen molar-refractivity contribution < 1.29 is 47.4 Å². The molecule has 0 spiro atoms. The fourth-order valence-electron chi connectivity index (χ4n) is 5.65. The second-order valence-corrected chi connectivity index (χ2v) is 10.7. The zero-order valence-corrected chi connectivity index (χ0v) is 27.2. The maximum Gasteiger partial charge on any atom is 0.335 e. The number of rotatable bonds is 11. The largest absolute Gasteiger partial charge is 0.478 e. The zero-order chi connectivity index (χ0) is 28.8. The van der Waals surface area contributed by atoms with Crippen LogP contribution in [0.5, 0.6) is 0 Å². The van der Waals surface area contributed by atoms with Crippen molar-refractivity contribution in [2.24, 2.45) is 0 Å². The number of hydrogen-bond donors (Lipinski definition) is 2. The molecular formula is C35H33ClN2O3Y. The first kappa shape index (κ1) is 31.7. The maximum absolute atomic E-state index is 11.8. The van der Waals surface area contributed by atoms with Crippen molar-refractivity contribution in [2.75, 3.05) is 6.54 Å². The number of amides is 1. The number of hydrogen-bond acceptors (Lipinski definition) is 2. The van der Waals surface area contributed by atoms with Gasteiger partial charge in [-0.05, 0) is 71.8 Å². The molecule has 1 aromatic heterocycles. The Kier molecular flexibility index (Phi) is 11.1.